The molecule has 9 heteroatoms. The zero-order valence-corrected chi connectivity index (χ0v) is 18.6. The average molecular weight is 424 g/mol. The van der Waals surface area contributed by atoms with Crippen LogP contribution in [0.4, 0.5) is 22.2 Å². The number of amides is 2. The summed E-state index contributed by atoms with van der Waals surface area (Å²) < 4.78 is 5.27. The molecule has 2 amide bonds. The van der Waals surface area contributed by atoms with Gasteiger partial charge >= 0.3 is 6.03 Å². The van der Waals surface area contributed by atoms with Gasteiger partial charge in [-0.15, -0.1) is 0 Å². The first-order valence-electron chi connectivity index (χ1n) is 10.1. The molecule has 164 valence electrons. The summed E-state index contributed by atoms with van der Waals surface area (Å²) in [6, 6.07) is 8.78. The van der Waals surface area contributed by atoms with Crippen LogP contribution in [-0.2, 0) is 5.41 Å². The van der Waals surface area contributed by atoms with Gasteiger partial charge in [-0.25, -0.2) is 14.8 Å². The maximum atomic E-state index is 12.2. The highest BCUT2D eigenvalue weighted by Gasteiger charge is 2.20. The third kappa shape index (κ3) is 6.51. The number of nitrogens with one attached hydrogen (secondary N) is 3. The van der Waals surface area contributed by atoms with E-state index >= 15 is 0 Å². The number of hydrogen-bond donors (Lipinski definition) is 3. The van der Waals surface area contributed by atoms with Crippen LogP contribution in [0.2, 0.25) is 0 Å². The molecule has 0 atom stereocenters. The Morgan fingerprint density at radius 1 is 1.03 bits per heavy atom. The highest BCUT2D eigenvalue weighted by Crippen LogP contribution is 2.25. The van der Waals surface area contributed by atoms with Crippen LogP contribution in [0.15, 0.2) is 47.2 Å². The van der Waals surface area contributed by atoms with Crippen LogP contribution in [0.25, 0.3) is 11.1 Å². The van der Waals surface area contributed by atoms with Crippen LogP contribution < -0.4 is 16.0 Å². The van der Waals surface area contributed by atoms with Crippen LogP contribution in [0.3, 0.4) is 0 Å². The van der Waals surface area contributed by atoms with E-state index in [1.165, 1.54) is 0 Å². The van der Waals surface area contributed by atoms with E-state index in [9.17, 15) is 4.79 Å². The molecule has 0 unspecified atom stereocenters. The van der Waals surface area contributed by atoms with Crippen molar-refractivity contribution in [1.29, 1.82) is 0 Å². The minimum Gasteiger partial charge on any atom is -0.359 e. The number of aromatic nitrogens is 3. The molecular weight excluding hydrogens is 394 g/mol. The van der Waals surface area contributed by atoms with Crippen LogP contribution in [0.5, 0.6) is 0 Å². The summed E-state index contributed by atoms with van der Waals surface area (Å²) in [5, 5.41) is 12.5. The van der Waals surface area contributed by atoms with Crippen LogP contribution in [-0.4, -0.2) is 53.2 Å². The second-order valence-electron chi connectivity index (χ2n) is 8.51. The molecule has 3 N–H and O–H groups in total. The molecule has 1 aromatic carbocycles. The summed E-state index contributed by atoms with van der Waals surface area (Å²) >= 11 is 0. The zero-order chi connectivity index (χ0) is 22.4. The minimum absolute atomic E-state index is 0.177. The largest absolute Gasteiger partial charge is 0.359 e. The number of carbonyl (C=O) groups is 1. The van der Waals surface area contributed by atoms with Gasteiger partial charge in [0.05, 0.1) is 0 Å². The van der Waals surface area contributed by atoms with E-state index in [0.29, 0.717) is 23.2 Å². The lowest BCUT2D eigenvalue weighted by Crippen LogP contribution is -2.21. The fraction of sp³-hybridized carbons (Fsp3) is 0.364. The van der Waals surface area contributed by atoms with Crippen molar-refractivity contribution in [2.45, 2.75) is 26.2 Å². The van der Waals surface area contributed by atoms with E-state index in [4.69, 9.17) is 4.52 Å². The SMILES string of the molecule is CN(C)CCNc1ncc(-c2ccc(NC(=O)Nc3cc(C(C)(C)C)on3)cc2)cn1. The van der Waals surface area contributed by atoms with Crippen molar-refractivity contribution >= 4 is 23.5 Å². The molecule has 31 heavy (non-hydrogen) atoms. The Labute approximate surface area is 182 Å². The van der Waals surface area contributed by atoms with Crippen molar-refractivity contribution in [3.63, 3.8) is 0 Å². The lowest BCUT2D eigenvalue weighted by atomic mass is 9.93. The molecule has 2 heterocycles. The van der Waals surface area contributed by atoms with E-state index in [2.05, 4.69) is 36.0 Å². The van der Waals surface area contributed by atoms with Crippen molar-refractivity contribution in [2.75, 3.05) is 43.1 Å². The van der Waals surface area contributed by atoms with E-state index in [1.54, 1.807) is 18.5 Å². The Kier molecular flexibility index (Phi) is 6.86. The summed E-state index contributed by atoms with van der Waals surface area (Å²) in [4.78, 5) is 23.0. The summed E-state index contributed by atoms with van der Waals surface area (Å²) in [5.41, 5.74) is 2.33. The molecule has 9 nitrogen and oxygen atoms in total. The Bertz CT molecular complexity index is 990. The van der Waals surface area contributed by atoms with Crippen molar-refractivity contribution in [3.8, 4) is 11.1 Å². The number of benzene rings is 1. The average Bonchev–Trinajstić information content (AvgIpc) is 3.18. The van der Waals surface area contributed by atoms with E-state index in [-0.39, 0.29) is 5.41 Å². The molecule has 0 aliphatic rings. The first kappa shape index (κ1) is 22.2. The number of likely N-dealkylation sites (N-methyl/N-ethyl adjacent to an activating group) is 1. The first-order valence-corrected chi connectivity index (χ1v) is 10.1. The lowest BCUT2D eigenvalue weighted by Gasteiger charge is -2.12. The molecule has 3 rings (SSSR count). The molecule has 3 aromatic rings. The standard InChI is InChI=1S/C22H29N7O2/c1-22(2,3)18-12-19(28-31-18)27-21(30)26-17-8-6-15(7-9-17)16-13-24-20(25-14-16)23-10-11-29(4)5/h6-9,12-14H,10-11H2,1-5H3,(H,23,24,25)(H2,26,27,28,30). The number of urea groups is 1. The maximum Gasteiger partial charge on any atom is 0.324 e. The Hall–Kier alpha value is -3.46. The number of carbonyl (C=O) groups excluding carboxylic acids is 1. The lowest BCUT2D eigenvalue weighted by molar-refractivity contribution is 0.262. The Balaban J connectivity index is 1.55. The maximum absolute atomic E-state index is 12.2. The predicted octanol–water partition coefficient (Wildman–Crippen LogP) is 4.05. The Morgan fingerprint density at radius 3 is 2.29 bits per heavy atom. The van der Waals surface area contributed by atoms with Gasteiger partial charge in [0.15, 0.2) is 5.82 Å². The molecule has 0 aliphatic heterocycles. The second kappa shape index (κ2) is 9.57. The van der Waals surface area contributed by atoms with Crippen LogP contribution >= 0.6 is 0 Å². The van der Waals surface area contributed by atoms with Gasteiger partial charge in [-0.1, -0.05) is 38.1 Å². The van der Waals surface area contributed by atoms with Crippen molar-refractivity contribution in [2.24, 2.45) is 0 Å². The van der Waals surface area contributed by atoms with Crippen molar-refractivity contribution < 1.29 is 9.32 Å². The topological polar surface area (TPSA) is 108 Å². The highest BCUT2D eigenvalue weighted by atomic mass is 16.5. The summed E-state index contributed by atoms with van der Waals surface area (Å²) in [5.74, 6) is 1.67. The smallest absolute Gasteiger partial charge is 0.324 e. The summed E-state index contributed by atoms with van der Waals surface area (Å²) in [6.07, 6.45) is 3.55. The van der Waals surface area contributed by atoms with Gasteiger partial charge in [-0.2, -0.15) is 0 Å². The first-order chi connectivity index (χ1) is 14.7. The number of anilines is 3. The number of nitrogens with zero attached hydrogens (tertiary/aromatic N) is 4. The molecule has 0 radical (unpaired) electrons. The van der Waals surface area contributed by atoms with Gasteiger partial charge in [-0.05, 0) is 31.8 Å². The molecule has 0 spiro atoms. The summed E-state index contributed by atoms with van der Waals surface area (Å²) in [7, 11) is 4.04. The summed E-state index contributed by atoms with van der Waals surface area (Å²) in [6.45, 7) is 7.72. The molecule has 0 fully saturated rings. The van der Waals surface area contributed by atoms with Gasteiger partial charge in [-0.3, -0.25) is 5.32 Å². The molecular formula is C22H29N7O2. The zero-order valence-electron chi connectivity index (χ0n) is 18.6. The monoisotopic (exact) mass is 423 g/mol. The quantitative estimate of drug-likeness (QED) is 0.526. The van der Waals surface area contributed by atoms with Crippen molar-refractivity contribution in [1.82, 2.24) is 20.0 Å². The molecule has 0 saturated heterocycles. The predicted molar refractivity (Wildman–Crippen MR) is 122 cm³/mol. The van der Waals surface area contributed by atoms with Crippen LogP contribution in [0.1, 0.15) is 26.5 Å². The fourth-order valence-electron chi connectivity index (χ4n) is 2.67. The molecule has 0 bridgehead atoms. The van der Waals surface area contributed by atoms with Gasteiger partial charge in [0.1, 0.15) is 5.76 Å². The van der Waals surface area contributed by atoms with Gasteiger partial charge in [0, 0.05) is 48.2 Å². The minimum atomic E-state index is -0.391. The fourth-order valence-corrected chi connectivity index (χ4v) is 2.67. The molecule has 2 aromatic heterocycles. The van der Waals surface area contributed by atoms with Gasteiger partial charge in [0.25, 0.3) is 0 Å². The van der Waals surface area contributed by atoms with Crippen molar-refractivity contribution in [3.05, 3.63) is 48.5 Å². The Morgan fingerprint density at radius 2 is 1.71 bits per heavy atom. The number of rotatable bonds is 7. The second-order valence-corrected chi connectivity index (χ2v) is 8.51. The molecule has 0 aliphatic carbocycles. The van der Waals surface area contributed by atoms with Gasteiger partial charge in [0.2, 0.25) is 5.95 Å². The number of hydrogen-bond acceptors (Lipinski definition) is 7. The molecule has 0 saturated carbocycles. The van der Waals surface area contributed by atoms with E-state index in [1.807, 2.05) is 59.1 Å². The highest BCUT2D eigenvalue weighted by molar-refractivity contribution is 5.99. The normalized spacial score (nSPS) is 11.4. The van der Waals surface area contributed by atoms with Gasteiger partial charge < -0.3 is 20.1 Å². The van der Waals surface area contributed by atoms with E-state index in [0.717, 1.165) is 24.2 Å². The third-order valence-corrected chi connectivity index (χ3v) is 4.46. The van der Waals surface area contributed by atoms with Crippen LogP contribution in [0, 0.1) is 0 Å². The van der Waals surface area contributed by atoms with E-state index < -0.39 is 6.03 Å². The third-order valence-electron chi connectivity index (χ3n) is 4.46.